The minimum atomic E-state index is -0.814. The molecule has 3 fully saturated rings. The molecule has 1 aliphatic heterocycles. The first kappa shape index (κ1) is 23.0. The number of aliphatic carboxylic acids is 1. The van der Waals surface area contributed by atoms with Crippen molar-refractivity contribution < 1.29 is 24.1 Å². The van der Waals surface area contributed by atoms with E-state index in [0.29, 0.717) is 37.2 Å². The lowest BCUT2D eigenvalue weighted by molar-refractivity contribution is -0.152. The largest absolute Gasteiger partial charge is 0.479 e. The summed E-state index contributed by atoms with van der Waals surface area (Å²) < 4.78 is 17.8. The van der Waals surface area contributed by atoms with E-state index in [1.807, 2.05) is 0 Å². The Hall–Kier alpha value is -0.690. The van der Waals surface area contributed by atoms with Crippen molar-refractivity contribution in [1.29, 1.82) is 0 Å². The van der Waals surface area contributed by atoms with Gasteiger partial charge < -0.3 is 19.3 Å². The topological polar surface area (TPSA) is 68.2 Å². The van der Waals surface area contributed by atoms with Crippen LogP contribution in [0.25, 0.3) is 0 Å². The van der Waals surface area contributed by atoms with Crippen molar-refractivity contribution in [3.8, 4) is 0 Å². The SMILES string of the molecule is CCCCOC(CC1CCC(OCCN2CCOC3CCCCC32)CC1)C(=O)O. The lowest BCUT2D eigenvalue weighted by atomic mass is 9.84. The molecular weight excluding hydrogens is 370 g/mol. The molecule has 0 bridgehead atoms. The summed E-state index contributed by atoms with van der Waals surface area (Å²) in [5.41, 5.74) is 0. The Morgan fingerprint density at radius 2 is 1.93 bits per heavy atom. The molecule has 2 saturated carbocycles. The van der Waals surface area contributed by atoms with Gasteiger partial charge in [0.1, 0.15) is 0 Å². The number of fused-ring (bicyclic) bond motifs is 1. The molecule has 1 heterocycles. The van der Waals surface area contributed by atoms with Gasteiger partial charge in [-0.25, -0.2) is 4.79 Å². The van der Waals surface area contributed by atoms with E-state index in [1.54, 1.807) is 0 Å². The van der Waals surface area contributed by atoms with Crippen LogP contribution in [0.2, 0.25) is 0 Å². The molecule has 0 radical (unpaired) electrons. The van der Waals surface area contributed by atoms with Crippen LogP contribution in [0.4, 0.5) is 0 Å². The fourth-order valence-corrected chi connectivity index (χ4v) is 5.24. The molecule has 1 saturated heterocycles. The Morgan fingerprint density at radius 1 is 1.14 bits per heavy atom. The second kappa shape index (κ2) is 12.2. The number of ether oxygens (including phenoxy) is 3. The first-order chi connectivity index (χ1) is 14.2. The van der Waals surface area contributed by atoms with Gasteiger partial charge in [-0.15, -0.1) is 0 Å². The van der Waals surface area contributed by atoms with E-state index < -0.39 is 12.1 Å². The predicted octanol–water partition coefficient (Wildman–Crippen LogP) is 3.87. The Morgan fingerprint density at radius 3 is 2.69 bits per heavy atom. The molecule has 0 aromatic heterocycles. The summed E-state index contributed by atoms with van der Waals surface area (Å²) in [4.78, 5) is 14.0. The third-order valence-electron chi connectivity index (χ3n) is 7.01. The Kier molecular flexibility index (Phi) is 9.70. The van der Waals surface area contributed by atoms with Crippen molar-refractivity contribution in [3.05, 3.63) is 0 Å². The number of morpholine rings is 1. The third-order valence-corrected chi connectivity index (χ3v) is 7.01. The van der Waals surface area contributed by atoms with Crippen LogP contribution in [-0.4, -0.2) is 73.2 Å². The summed E-state index contributed by atoms with van der Waals surface area (Å²) in [6.07, 6.45) is 12.0. The minimum Gasteiger partial charge on any atom is -0.479 e. The zero-order chi connectivity index (χ0) is 20.5. The van der Waals surface area contributed by atoms with E-state index in [-0.39, 0.29) is 0 Å². The fourth-order valence-electron chi connectivity index (χ4n) is 5.24. The maximum Gasteiger partial charge on any atom is 0.332 e. The van der Waals surface area contributed by atoms with Crippen molar-refractivity contribution in [2.24, 2.45) is 5.92 Å². The van der Waals surface area contributed by atoms with Gasteiger partial charge in [-0.2, -0.15) is 0 Å². The van der Waals surface area contributed by atoms with Gasteiger partial charge in [0, 0.05) is 25.7 Å². The van der Waals surface area contributed by atoms with Crippen molar-refractivity contribution in [3.63, 3.8) is 0 Å². The highest BCUT2D eigenvalue weighted by Crippen LogP contribution is 2.31. The van der Waals surface area contributed by atoms with E-state index in [9.17, 15) is 9.90 Å². The smallest absolute Gasteiger partial charge is 0.332 e. The molecule has 3 atom stereocenters. The molecule has 1 N–H and O–H groups in total. The predicted molar refractivity (Wildman–Crippen MR) is 112 cm³/mol. The van der Waals surface area contributed by atoms with Crippen molar-refractivity contribution in [2.75, 3.05) is 32.9 Å². The van der Waals surface area contributed by atoms with Gasteiger partial charge >= 0.3 is 5.97 Å². The van der Waals surface area contributed by atoms with E-state index in [2.05, 4.69) is 11.8 Å². The Balaban J connectivity index is 1.32. The molecule has 168 valence electrons. The van der Waals surface area contributed by atoms with Crippen LogP contribution >= 0.6 is 0 Å². The van der Waals surface area contributed by atoms with Gasteiger partial charge in [0.05, 0.1) is 25.4 Å². The summed E-state index contributed by atoms with van der Waals surface area (Å²) in [5.74, 6) is -0.370. The molecule has 29 heavy (non-hydrogen) atoms. The molecule has 6 heteroatoms. The monoisotopic (exact) mass is 411 g/mol. The summed E-state index contributed by atoms with van der Waals surface area (Å²) in [6.45, 7) is 6.35. The van der Waals surface area contributed by atoms with Gasteiger partial charge in [-0.05, 0) is 57.3 Å². The fraction of sp³-hybridized carbons (Fsp3) is 0.957. The Bertz CT molecular complexity index is 478. The van der Waals surface area contributed by atoms with E-state index in [4.69, 9.17) is 14.2 Å². The minimum absolute atomic E-state index is 0.332. The Labute approximate surface area is 176 Å². The second-order valence-electron chi connectivity index (χ2n) is 9.10. The average Bonchev–Trinajstić information content (AvgIpc) is 2.74. The molecule has 0 amide bonds. The van der Waals surface area contributed by atoms with Crippen LogP contribution in [0.1, 0.15) is 77.6 Å². The van der Waals surface area contributed by atoms with Crippen LogP contribution in [-0.2, 0) is 19.0 Å². The standard InChI is InChI=1S/C23H41NO5/c1-2-3-14-28-22(23(25)26)17-18-8-10-19(11-9-18)27-15-12-24-13-16-29-21-7-5-4-6-20(21)24/h18-22H,2-17H2,1H3,(H,25,26). The maximum absolute atomic E-state index is 11.5. The molecule has 3 unspecified atom stereocenters. The van der Waals surface area contributed by atoms with Gasteiger partial charge in [-0.1, -0.05) is 26.2 Å². The molecular formula is C23H41NO5. The average molecular weight is 412 g/mol. The summed E-state index contributed by atoms with van der Waals surface area (Å²) >= 11 is 0. The number of hydrogen-bond donors (Lipinski definition) is 1. The molecule has 2 aliphatic carbocycles. The van der Waals surface area contributed by atoms with E-state index in [0.717, 1.165) is 64.8 Å². The van der Waals surface area contributed by atoms with Crippen LogP contribution in [0.3, 0.4) is 0 Å². The quantitative estimate of drug-likeness (QED) is 0.521. The van der Waals surface area contributed by atoms with Crippen molar-refractivity contribution >= 4 is 5.97 Å². The van der Waals surface area contributed by atoms with Gasteiger partial charge in [0.2, 0.25) is 0 Å². The number of hydrogen-bond acceptors (Lipinski definition) is 5. The zero-order valence-corrected chi connectivity index (χ0v) is 18.2. The van der Waals surface area contributed by atoms with Crippen molar-refractivity contribution in [2.45, 2.75) is 102 Å². The summed E-state index contributed by atoms with van der Waals surface area (Å²) in [5, 5.41) is 9.41. The van der Waals surface area contributed by atoms with Crippen LogP contribution in [0.5, 0.6) is 0 Å². The maximum atomic E-state index is 11.5. The molecule has 0 aromatic rings. The highest BCUT2D eigenvalue weighted by atomic mass is 16.5. The molecule has 6 nitrogen and oxygen atoms in total. The summed E-state index contributed by atoms with van der Waals surface area (Å²) in [7, 11) is 0. The summed E-state index contributed by atoms with van der Waals surface area (Å²) in [6, 6.07) is 0.595. The van der Waals surface area contributed by atoms with E-state index >= 15 is 0 Å². The lowest BCUT2D eigenvalue weighted by Crippen LogP contribution is -2.53. The highest BCUT2D eigenvalue weighted by molar-refractivity contribution is 5.72. The highest BCUT2D eigenvalue weighted by Gasteiger charge is 2.34. The number of nitrogens with zero attached hydrogens (tertiary/aromatic N) is 1. The third kappa shape index (κ3) is 7.20. The zero-order valence-electron chi connectivity index (χ0n) is 18.2. The molecule has 0 aromatic carbocycles. The van der Waals surface area contributed by atoms with Crippen LogP contribution in [0.15, 0.2) is 0 Å². The normalized spacial score (nSPS) is 31.9. The molecule has 3 rings (SSSR count). The van der Waals surface area contributed by atoms with Crippen molar-refractivity contribution in [1.82, 2.24) is 4.90 Å². The number of unbranched alkanes of at least 4 members (excludes halogenated alkanes) is 1. The number of carbonyl (C=O) groups is 1. The number of carboxylic acids is 1. The lowest BCUT2D eigenvalue weighted by Gasteiger charge is -2.44. The van der Waals surface area contributed by atoms with Gasteiger partial charge in [0.15, 0.2) is 6.10 Å². The van der Waals surface area contributed by atoms with Gasteiger partial charge in [0.25, 0.3) is 0 Å². The van der Waals surface area contributed by atoms with Gasteiger partial charge in [-0.3, -0.25) is 4.90 Å². The number of carboxylic acid groups (broad SMARTS) is 1. The first-order valence-electron chi connectivity index (χ1n) is 12.0. The van der Waals surface area contributed by atoms with E-state index in [1.165, 1.54) is 25.7 Å². The molecule has 3 aliphatic rings. The first-order valence-corrected chi connectivity index (χ1v) is 12.0. The van der Waals surface area contributed by atoms with Crippen LogP contribution < -0.4 is 0 Å². The number of rotatable bonds is 11. The molecule has 0 spiro atoms. The second-order valence-corrected chi connectivity index (χ2v) is 9.10. The van der Waals surface area contributed by atoms with Crippen LogP contribution in [0, 0.1) is 5.92 Å².